The van der Waals surface area contributed by atoms with Crippen LogP contribution in [0.15, 0.2) is 20.9 Å². The van der Waals surface area contributed by atoms with Crippen LogP contribution < -0.4 is 10.6 Å². The Morgan fingerprint density at radius 2 is 2.28 bits per heavy atom. The van der Waals surface area contributed by atoms with E-state index in [0.717, 1.165) is 30.1 Å². The van der Waals surface area contributed by atoms with Crippen LogP contribution in [0.1, 0.15) is 18.7 Å². The fraction of sp³-hybridized carbons (Fsp3) is 0.583. The summed E-state index contributed by atoms with van der Waals surface area (Å²) in [6, 6.07) is 2.10. The summed E-state index contributed by atoms with van der Waals surface area (Å²) in [6.45, 7) is 7.82. The molecule has 0 fully saturated rings. The number of halogens is 1. The molecule has 0 aromatic carbocycles. The van der Waals surface area contributed by atoms with Gasteiger partial charge in [-0.1, -0.05) is 0 Å². The SMILES string of the molecule is CCNC(=NCc1cc(Br)cs1)NCCOCC. The number of hydrogen-bond acceptors (Lipinski definition) is 3. The molecule has 0 amide bonds. The van der Waals surface area contributed by atoms with E-state index in [1.807, 2.05) is 6.92 Å². The maximum Gasteiger partial charge on any atom is 0.191 e. The Labute approximate surface area is 121 Å². The molecule has 102 valence electrons. The second kappa shape index (κ2) is 9.35. The number of rotatable bonds is 7. The van der Waals surface area contributed by atoms with Gasteiger partial charge in [-0.3, -0.25) is 0 Å². The third kappa shape index (κ3) is 6.37. The van der Waals surface area contributed by atoms with Gasteiger partial charge in [-0.2, -0.15) is 0 Å². The standard InChI is InChI=1S/C12H20BrN3OS/c1-3-14-12(15-5-6-17-4-2)16-8-11-7-10(13)9-18-11/h7,9H,3-6,8H2,1-2H3,(H2,14,15,16). The van der Waals surface area contributed by atoms with E-state index in [0.29, 0.717) is 13.2 Å². The average molecular weight is 334 g/mol. The lowest BCUT2D eigenvalue weighted by Gasteiger charge is -2.10. The third-order valence-corrected chi connectivity index (χ3v) is 3.78. The number of guanidine groups is 1. The second-order valence-electron chi connectivity index (χ2n) is 3.55. The van der Waals surface area contributed by atoms with E-state index in [9.17, 15) is 0 Å². The van der Waals surface area contributed by atoms with Gasteiger partial charge in [-0.05, 0) is 35.8 Å². The average Bonchev–Trinajstić information content (AvgIpc) is 2.77. The van der Waals surface area contributed by atoms with Crippen LogP contribution in [0, 0.1) is 0 Å². The first-order chi connectivity index (χ1) is 8.76. The van der Waals surface area contributed by atoms with Gasteiger partial charge in [-0.15, -0.1) is 11.3 Å². The fourth-order valence-corrected chi connectivity index (χ4v) is 2.70. The molecule has 0 atom stereocenters. The molecule has 18 heavy (non-hydrogen) atoms. The topological polar surface area (TPSA) is 45.7 Å². The van der Waals surface area contributed by atoms with Crippen LogP contribution in [0.25, 0.3) is 0 Å². The lowest BCUT2D eigenvalue weighted by molar-refractivity contribution is 0.152. The van der Waals surface area contributed by atoms with Gasteiger partial charge in [-0.25, -0.2) is 4.99 Å². The lowest BCUT2D eigenvalue weighted by Crippen LogP contribution is -2.38. The number of aliphatic imine (C=N–C) groups is 1. The first-order valence-corrected chi connectivity index (χ1v) is 7.76. The van der Waals surface area contributed by atoms with Crippen molar-refractivity contribution in [3.05, 3.63) is 20.8 Å². The van der Waals surface area contributed by atoms with Crippen molar-refractivity contribution in [2.75, 3.05) is 26.3 Å². The molecule has 1 aromatic heterocycles. The zero-order valence-electron chi connectivity index (χ0n) is 10.8. The van der Waals surface area contributed by atoms with E-state index >= 15 is 0 Å². The Morgan fingerprint density at radius 3 is 2.89 bits per heavy atom. The summed E-state index contributed by atoms with van der Waals surface area (Å²) in [6.07, 6.45) is 0. The van der Waals surface area contributed by atoms with Crippen molar-refractivity contribution in [3.8, 4) is 0 Å². The van der Waals surface area contributed by atoms with Crippen molar-refractivity contribution in [1.82, 2.24) is 10.6 Å². The van der Waals surface area contributed by atoms with Crippen LogP contribution >= 0.6 is 27.3 Å². The molecule has 0 saturated carbocycles. The molecule has 0 radical (unpaired) electrons. The largest absolute Gasteiger partial charge is 0.380 e. The van der Waals surface area contributed by atoms with Crippen LogP contribution in [0.2, 0.25) is 0 Å². The minimum Gasteiger partial charge on any atom is -0.380 e. The molecule has 6 heteroatoms. The molecule has 0 aliphatic heterocycles. The van der Waals surface area contributed by atoms with Crippen LogP contribution in [0.3, 0.4) is 0 Å². The summed E-state index contributed by atoms with van der Waals surface area (Å²) in [7, 11) is 0. The molecule has 1 aromatic rings. The van der Waals surface area contributed by atoms with Crippen molar-refractivity contribution >= 4 is 33.2 Å². The number of nitrogens with one attached hydrogen (secondary N) is 2. The maximum absolute atomic E-state index is 5.28. The number of thiophene rings is 1. The Kier molecular flexibility index (Phi) is 8.04. The van der Waals surface area contributed by atoms with E-state index < -0.39 is 0 Å². The predicted molar refractivity (Wildman–Crippen MR) is 81.3 cm³/mol. The Balaban J connectivity index is 2.39. The fourth-order valence-electron chi connectivity index (χ4n) is 1.32. The quantitative estimate of drug-likeness (QED) is 0.458. The van der Waals surface area contributed by atoms with Gasteiger partial charge in [0.25, 0.3) is 0 Å². The van der Waals surface area contributed by atoms with Crippen molar-refractivity contribution in [3.63, 3.8) is 0 Å². The van der Waals surface area contributed by atoms with Crippen LogP contribution in [0.4, 0.5) is 0 Å². The second-order valence-corrected chi connectivity index (χ2v) is 5.46. The molecule has 0 spiro atoms. The number of nitrogens with zero attached hydrogens (tertiary/aromatic N) is 1. The van der Waals surface area contributed by atoms with Gasteiger partial charge in [0.05, 0.1) is 13.2 Å². The van der Waals surface area contributed by atoms with Crippen molar-refractivity contribution in [1.29, 1.82) is 0 Å². The Hall–Kier alpha value is -0.590. The van der Waals surface area contributed by atoms with Crippen molar-refractivity contribution in [2.45, 2.75) is 20.4 Å². The summed E-state index contributed by atoms with van der Waals surface area (Å²) in [4.78, 5) is 5.76. The smallest absolute Gasteiger partial charge is 0.191 e. The van der Waals surface area contributed by atoms with Crippen molar-refractivity contribution < 1.29 is 4.74 Å². The summed E-state index contributed by atoms with van der Waals surface area (Å²) in [5.74, 6) is 0.835. The molecule has 1 rings (SSSR count). The monoisotopic (exact) mass is 333 g/mol. The van der Waals surface area contributed by atoms with E-state index in [1.54, 1.807) is 11.3 Å². The maximum atomic E-state index is 5.28. The lowest BCUT2D eigenvalue weighted by atomic mass is 10.5. The summed E-state index contributed by atoms with van der Waals surface area (Å²) >= 11 is 5.15. The van der Waals surface area contributed by atoms with E-state index in [-0.39, 0.29) is 0 Å². The van der Waals surface area contributed by atoms with Crippen molar-refractivity contribution in [2.24, 2.45) is 4.99 Å². The van der Waals surface area contributed by atoms with E-state index in [2.05, 4.69) is 49.9 Å². The van der Waals surface area contributed by atoms with Crippen LogP contribution in [0.5, 0.6) is 0 Å². The predicted octanol–water partition coefficient (Wildman–Crippen LogP) is 2.60. The normalized spacial score (nSPS) is 11.6. The van der Waals surface area contributed by atoms with Crippen LogP contribution in [-0.2, 0) is 11.3 Å². The van der Waals surface area contributed by atoms with Gasteiger partial charge in [0, 0.05) is 34.4 Å². The van der Waals surface area contributed by atoms with E-state index in [4.69, 9.17) is 4.74 Å². The van der Waals surface area contributed by atoms with Crippen LogP contribution in [-0.4, -0.2) is 32.3 Å². The highest BCUT2D eigenvalue weighted by molar-refractivity contribution is 9.10. The number of ether oxygens (including phenoxy) is 1. The minimum atomic E-state index is 0.695. The van der Waals surface area contributed by atoms with Gasteiger partial charge in [0.2, 0.25) is 0 Å². The summed E-state index contributed by atoms with van der Waals surface area (Å²) < 4.78 is 6.40. The molecule has 4 nitrogen and oxygen atoms in total. The van der Waals surface area contributed by atoms with Gasteiger partial charge < -0.3 is 15.4 Å². The van der Waals surface area contributed by atoms with Gasteiger partial charge in [0.1, 0.15) is 0 Å². The van der Waals surface area contributed by atoms with E-state index in [1.165, 1.54) is 4.88 Å². The molecule has 1 heterocycles. The zero-order valence-corrected chi connectivity index (χ0v) is 13.2. The Morgan fingerprint density at radius 1 is 1.44 bits per heavy atom. The summed E-state index contributed by atoms with van der Waals surface area (Å²) in [5, 5.41) is 8.52. The molecule has 0 aliphatic carbocycles. The van der Waals surface area contributed by atoms with Gasteiger partial charge >= 0.3 is 0 Å². The zero-order chi connectivity index (χ0) is 13.2. The minimum absolute atomic E-state index is 0.695. The highest BCUT2D eigenvalue weighted by atomic mass is 79.9. The number of hydrogen-bond donors (Lipinski definition) is 2. The summed E-state index contributed by atoms with van der Waals surface area (Å²) in [5.41, 5.74) is 0. The first kappa shape index (κ1) is 15.5. The third-order valence-electron chi connectivity index (χ3n) is 2.10. The molecule has 0 aliphatic rings. The molecule has 0 saturated heterocycles. The first-order valence-electron chi connectivity index (χ1n) is 6.09. The Bertz CT molecular complexity index is 368. The molecule has 0 bridgehead atoms. The molecular formula is C12H20BrN3OS. The molecular weight excluding hydrogens is 314 g/mol. The highest BCUT2D eigenvalue weighted by Crippen LogP contribution is 2.20. The molecule has 2 N–H and O–H groups in total. The molecule has 0 unspecified atom stereocenters. The van der Waals surface area contributed by atoms with Gasteiger partial charge in [0.15, 0.2) is 5.96 Å². The highest BCUT2D eigenvalue weighted by Gasteiger charge is 1.99.